The summed E-state index contributed by atoms with van der Waals surface area (Å²) in [5.74, 6) is -0.755. The molecule has 0 saturated carbocycles. The molecule has 5 nitrogen and oxygen atoms in total. The number of aromatic nitrogens is 3. The number of hydrogen-bond donors (Lipinski definition) is 1. The fourth-order valence-electron chi connectivity index (χ4n) is 2.55. The largest absolute Gasteiger partial charge is 0.368 e. The number of nitrogens with zero attached hydrogens (tertiary/aromatic N) is 4. The Hall–Kier alpha value is -2.18. The average molecular weight is 293 g/mol. The van der Waals surface area contributed by atoms with Gasteiger partial charge in [-0.05, 0) is 25.0 Å². The van der Waals surface area contributed by atoms with Gasteiger partial charge >= 0.3 is 0 Å². The van der Waals surface area contributed by atoms with Crippen LogP contribution in [0.4, 0.5) is 20.7 Å². The molecule has 1 aliphatic rings. The molecule has 112 valence electrons. The molecule has 2 aromatic rings. The summed E-state index contributed by atoms with van der Waals surface area (Å²) in [5, 5.41) is 4.28. The molecule has 1 aromatic heterocycles. The first kappa shape index (κ1) is 13.8. The van der Waals surface area contributed by atoms with Crippen molar-refractivity contribution in [1.82, 2.24) is 14.8 Å². The van der Waals surface area contributed by atoms with Gasteiger partial charge in [-0.1, -0.05) is 12.8 Å². The summed E-state index contributed by atoms with van der Waals surface area (Å²) in [7, 11) is 0. The fourth-order valence-corrected chi connectivity index (χ4v) is 2.55. The molecule has 21 heavy (non-hydrogen) atoms. The summed E-state index contributed by atoms with van der Waals surface area (Å²) in [5.41, 5.74) is 5.93. The van der Waals surface area contributed by atoms with Gasteiger partial charge in [0.1, 0.15) is 11.5 Å². The molecule has 3 rings (SSSR count). The second-order valence-electron chi connectivity index (χ2n) is 5.18. The van der Waals surface area contributed by atoms with Crippen molar-refractivity contribution in [3.05, 3.63) is 29.8 Å². The van der Waals surface area contributed by atoms with Crippen LogP contribution in [0.15, 0.2) is 18.2 Å². The van der Waals surface area contributed by atoms with E-state index in [1.54, 1.807) is 0 Å². The molecule has 7 heteroatoms. The van der Waals surface area contributed by atoms with E-state index in [-0.39, 0.29) is 11.6 Å². The third kappa shape index (κ3) is 2.81. The van der Waals surface area contributed by atoms with Crippen molar-refractivity contribution in [2.45, 2.75) is 25.7 Å². The van der Waals surface area contributed by atoms with Gasteiger partial charge in [-0.15, -0.1) is 5.10 Å². The van der Waals surface area contributed by atoms with Gasteiger partial charge in [0.05, 0.1) is 0 Å². The maximum Gasteiger partial charge on any atom is 0.246 e. The zero-order chi connectivity index (χ0) is 14.8. The summed E-state index contributed by atoms with van der Waals surface area (Å²) in [6, 6.07) is 3.29. The smallest absolute Gasteiger partial charge is 0.246 e. The number of rotatable bonds is 2. The number of anilines is 2. The van der Waals surface area contributed by atoms with Crippen molar-refractivity contribution in [1.29, 1.82) is 0 Å². The van der Waals surface area contributed by atoms with Crippen molar-refractivity contribution in [2.24, 2.45) is 0 Å². The highest BCUT2D eigenvalue weighted by Crippen LogP contribution is 2.21. The summed E-state index contributed by atoms with van der Waals surface area (Å²) in [4.78, 5) is 6.27. The Kier molecular flexibility index (Phi) is 3.72. The van der Waals surface area contributed by atoms with Gasteiger partial charge in [0.2, 0.25) is 11.9 Å². The van der Waals surface area contributed by atoms with E-state index in [2.05, 4.69) is 15.0 Å². The molecule has 1 aliphatic heterocycles. The van der Waals surface area contributed by atoms with E-state index in [0.717, 1.165) is 32.0 Å². The van der Waals surface area contributed by atoms with Gasteiger partial charge in [0, 0.05) is 19.2 Å². The summed E-state index contributed by atoms with van der Waals surface area (Å²) >= 11 is 0. The van der Waals surface area contributed by atoms with Crippen molar-refractivity contribution >= 4 is 11.9 Å². The molecule has 1 aromatic carbocycles. The van der Waals surface area contributed by atoms with Crippen molar-refractivity contribution in [3.8, 4) is 5.69 Å². The highest BCUT2D eigenvalue weighted by atomic mass is 19.1. The lowest BCUT2D eigenvalue weighted by atomic mass is 10.2. The van der Waals surface area contributed by atoms with E-state index in [9.17, 15) is 8.78 Å². The maximum atomic E-state index is 13.8. The topological polar surface area (TPSA) is 60.0 Å². The van der Waals surface area contributed by atoms with Crippen LogP contribution in [-0.2, 0) is 0 Å². The molecular formula is C14H17F2N5. The highest BCUT2D eigenvalue weighted by molar-refractivity contribution is 5.44. The Balaban J connectivity index is 1.93. The van der Waals surface area contributed by atoms with Crippen molar-refractivity contribution in [2.75, 3.05) is 23.7 Å². The van der Waals surface area contributed by atoms with Crippen LogP contribution in [0.1, 0.15) is 25.7 Å². The van der Waals surface area contributed by atoms with Gasteiger partial charge < -0.3 is 10.6 Å². The Morgan fingerprint density at radius 3 is 2.43 bits per heavy atom. The first-order valence-corrected chi connectivity index (χ1v) is 7.08. The predicted octanol–water partition coefficient (Wildman–Crippen LogP) is 2.51. The normalized spacial score (nSPS) is 16.0. The standard InChI is InChI=1S/C14H17F2N5/c15-10-5-6-12(11(16)9-10)21-13(17)18-14(19-21)20-7-3-1-2-4-8-20/h5-6,9H,1-4,7-8H2,(H2,17,18,19). The Bertz CT molecular complexity index is 632. The lowest BCUT2D eigenvalue weighted by molar-refractivity contribution is 0.574. The van der Waals surface area contributed by atoms with Gasteiger partial charge in [-0.3, -0.25) is 0 Å². The maximum absolute atomic E-state index is 13.8. The lowest BCUT2D eigenvalue weighted by Crippen LogP contribution is -2.25. The highest BCUT2D eigenvalue weighted by Gasteiger charge is 2.18. The summed E-state index contributed by atoms with van der Waals surface area (Å²) in [6.45, 7) is 1.74. The number of hydrogen-bond acceptors (Lipinski definition) is 4. The average Bonchev–Trinajstić information content (AvgIpc) is 2.67. The van der Waals surface area contributed by atoms with Crippen LogP contribution in [-0.4, -0.2) is 27.9 Å². The van der Waals surface area contributed by atoms with Crippen LogP contribution in [0.25, 0.3) is 5.69 Å². The van der Waals surface area contributed by atoms with E-state index in [4.69, 9.17) is 5.73 Å². The first-order chi connectivity index (χ1) is 10.1. The van der Waals surface area contributed by atoms with Gasteiger partial charge in [-0.2, -0.15) is 9.67 Å². The quantitative estimate of drug-likeness (QED) is 0.924. The van der Waals surface area contributed by atoms with Gasteiger partial charge in [0.15, 0.2) is 5.82 Å². The minimum Gasteiger partial charge on any atom is -0.368 e. The molecule has 0 aliphatic carbocycles. The Morgan fingerprint density at radius 1 is 1.05 bits per heavy atom. The van der Waals surface area contributed by atoms with Crippen LogP contribution < -0.4 is 10.6 Å². The SMILES string of the molecule is Nc1nc(N2CCCCCC2)nn1-c1ccc(F)cc1F. The number of nitrogens with two attached hydrogens (primary N) is 1. The minimum atomic E-state index is -0.714. The zero-order valence-corrected chi connectivity index (χ0v) is 11.6. The van der Waals surface area contributed by atoms with Gasteiger partial charge in [0.25, 0.3) is 0 Å². The first-order valence-electron chi connectivity index (χ1n) is 7.08. The van der Waals surface area contributed by atoms with E-state index in [1.165, 1.54) is 29.7 Å². The van der Waals surface area contributed by atoms with Crippen LogP contribution in [0.2, 0.25) is 0 Å². The monoisotopic (exact) mass is 293 g/mol. The molecule has 2 heterocycles. The Morgan fingerprint density at radius 2 is 1.76 bits per heavy atom. The van der Waals surface area contributed by atoms with Crippen LogP contribution in [0.3, 0.4) is 0 Å². The summed E-state index contributed by atoms with van der Waals surface area (Å²) in [6.07, 6.45) is 4.55. The summed E-state index contributed by atoms with van der Waals surface area (Å²) < 4.78 is 28.0. The van der Waals surface area contributed by atoms with Crippen molar-refractivity contribution < 1.29 is 8.78 Å². The van der Waals surface area contributed by atoms with Crippen LogP contribution in [0.5, 0.6) is 0 Å². The molecule has 1 fully saturated rings. The third-order valence-electron chi connectivity index (χ3n) is 3.65. The van der Waals surface area contributed by atoms with Crippen LogP contribution >= 0.6 is 0 Å². The third-order valence-corrected chi connectivity index (χ3v) is 3.65. The zero-order valence-electron chi connectivity index (χ0n) is 11.6. The van der Waals surface area contributed by atoms with Crippen LogP contribution in [0, 0.1) is 11.6 Å². The van der Waals surface area contributed by atoms with E-state index in [0.29, 0.717) is 5.95 Å². The fraction of sp³-hybridized carbons (Fsp3) is 0.429. The number of benzene rings is 1. The molecule has 0 atom stereocenters. The molecule has 0 bridgehead atoms. The second-order valence-corrected chi connectivity index (χ2v) is 5.18. The molecule has 2 N–H and O–H groups in total. The van der Waals surface area contributed by atoms with Gasteiger partial charge in [-0.25, -0.2) is 8.78 Å². The van der Waals surface area contributed by atoms with E-state index < -0.39 is 11.6 Å². The molecule has 0 spiro atoms. The van der Waals surface area contributed by atoms with E-state index in [1.807, 2.05) is 0 Å². The second kappa shape index (κ2) is 5.67. The molecule has 1 saturated heterocycles. The molecule has 0 unspecified atom stereocenters. The van der Waals surface area contributed by atoms with E-state index >= 15 is 0 Å². The number of halogens is 2. The van der Waals surface area contributed by atoms with Crippen molar-refractivity contribution in [3.63, 3.8) is 0 Å². The molecule has 0 amide bonds. The minimum absolute atomic E-state index is 0.0970. The molecular weight excluding hydrogens is 276 g/mol. The number of nitrogen functional groups attached to an aromatic ring is 1. The molecule has 0 radical (unpaired) electrons. The Labute approximate surface area is 121 Å². The predicted molar refractivity (Wildman–Crippen MR) is 76.4 cm³/mol. The lowest BCUT2D eigenvalue weighted by Gasteiger charge is -2.17.